The summed E-state index contributed by atoms with van der Waals surface area (Å²) in [5.74, 6) is 0. The third kappa shape index (κ3) is 4.36. The molecular weight excluding hydrogens is 236 g/mol. The minimum atomic E-state index is -0.285. The van der Waals surface area contributed by atoms with E-state index in [2.05, 4.69) is 37.3 Å². The fourth-order valence-corrected chi connectivity index (χ4v) is 2.04. The van der Waals surface area contributed by atoms with Crippen LogP contribution in [0.4, 0.5) is 0 Å². The second-order valence-electron chi connectivity index (χ2n) is 5.79. The van der Waals surface area contributed by atoms with E-state index >= 15 is 0 Å². The van der Waals surface area contributed by atoms with E-state index < -0.39 is 0 Å². The highest BCUT2D eigenvalue weighted by molar-refractivity contribution is 5.24. The summed E-state index contributed by atoms with van der Waals surface area (Å²) in [7, 11) is 0. The summed E-state index contributed by atoms with van der Waals surface area (Å²) in [6, 6.07) is 2.34. The van der Waals surface area contributed by atoms with Gasteiger partial charge in [0.1, 0.15) is 0 Å². The average molecular weight is 262 g/mol. The fraction of sp³-hybridized carbons (Fsp3) is 0.733. The van der Waals surface area contributed by atoms with Gasteiger partial charge in [-0.05, 0) is 47.1 Å². The van der Waals surface area contributed by atoms with Gasteiger partial charge in [-0.1, -0.05) is 6.92 Å². The second kappa shape index (κ2) is 6.72. The zero-order valence-corrected chi connectivity index (χ0v) is 12.9. The number of rotatable bonds is 7. The monoisotopic (exact) mass is 262 g/mol. The van der Waals surface area contributed by atoms with Gasteiger partial charge in [-0.2, -0.15) is 10.4 Å². The third-order valence-electron chi connectivity index (χ3n) is 3.51. The Labute approximate surface area is 116 Å². The highest BCUT2D eigenvalue weighted by Gasteiger charge is 2.18. The molecule has 0 amide bonds. The van der Waals surface area contributed by atoms with Crippen molar-refractivity contribution in [2.45, 2.75) is 60.5 Å². The van der Waals surface area contributed by atoms with Crippen molar-refractivity contribution in [2.75, 3.05) is 6.54 Å². The smallest absolute Gasteiger partial charge is 0.0684 e. The Morgan fingerprint density at radius 1 is 1.37 bits per heavy atom. The summed E-state index contributed by atoms with van der Waals surface area (Å²) in [6.07, 6.45) is 1.97. The van der Waals surface area contributed by atoms with Crippen LogP contribution in [0.1, 0.15) is 50.6 Å². The minimum absolute atomic E-state index is 0.285. The summed E-state index contributed by atoms with van der Waals surface area (Å²) < 4.78 is 2.04. The van der Waals surface area contributed by atoms with Crippen molar-refractivity contribution in [1.82, 2.24) is 15.1 Å². The molecule has 1 rings (SSSR count). The molecule has 4 nitrogen and oxygen atoms in total. The van der Waals surface area contributed by atoms with Crippen molar-refractivity contribution >= 4 is 0 Å². The molecule has 0 fully saturated rings. The Morgan fingerprint density at radius 2 is 2.05 bits per heavy atom. The molecule has 0 aliphatic carbocycles. The van der Waals surface area contributed by atoms with Crippen LogP contribution < -0.4 is 5.32 Å². The molecule has 0 saturated heterocycles. The van der Waals surface area contributed by atoms with Crippen LogP contribution in [0.2, 0.25) is 0 Å². The van der Waals surface area contributed by atoms with Gasteiger partial charge in [0, 0.05) is 24.3 Å². The summed E-state index contributed by atoms with van der Waals surface area (Å²) in [5, 5.41) is 17.1. The Balaban J connectivity index is 2.71. The number of hydrogen-bond acceptors (Lipinski definition) is 3. The van der Waals surface area contributed by atoms with Crippen LogP contribution in [-0.4, -0.2) is 16.3 Å². The van der Waals surface area contributed by atoms with E-state index in [9.17, 15) is 0 Å². The number of hydrogen-bond donors (Lipinski definition) is 1. The highest BCUT2D eigenvalue weighted by atomic mass is 15.3. The molecule has 0 spiro atoms. The predicted octanol–water partition coefficient (Wildman–Crippen LogP) is 2.94. The molecule has 0 bridgehead atoms. The molecule has 0 saturated carbocycles. The van der Waals surface area contributed by atoms with Gasteiger partial charge in [-0.15, -0.1) is 0 Å². The Bertz CT molecular complexity index is 451. The van der Waals surface area contributed by atoms with Crippen LogP contribution in [0.5, 0.6) is 0 Å². The Hall–Kier alpha value is -1.34. The first-order valence-corrected chi connectivity index (χ1v) is 7.06. The van der Waals surface area contributed by atoms with Gasteiger partial charge in [0.25, 0.3) is 0 Å². The Kier molecular flexibility index (Phi) is 5.56. The molecule has 1 N–H and O–H groups in total. The molecule has 1 aromatic heterocycles. The van der Waals surface area contributed by atoms with Gasteiger partial charge >= 0.3 is 0 Å². The van der Waals surface area contributed by atoms with Crippen LogP contribution in [0.3, 0.4) is 0 Å². The van der Waals surface area contributed by atoms with E-state index in [1.165, 1.54) is 11.3 Å². The number of nitriles is 1. The normalized spacial score (nSPS) is 11.6. The first kappa shape index (κ1) is 15.7. The van der Waals surface area contributed by atoms with E-state index in [1.54, 1.807) is 0 Å². The van der Waals surface area contributed by atoms with E-state index in [-0.39, 0.29) is 5.41 Å². The van der Waals surface area contributed by atoms with Crippen LogP contribution in [0.15, 0.2) is 0 Å². The molecule has 106 valence electrons. The Morgan fingerprint density at radius 3 is 2.63 bits per heavy atom. The molecule has 4 heteroatoms. The topological polar surface area (TPSA) is 53.6 Å². The summed E-state index contributed by atoms with van der Waals surface area (Å²) in [5.41, 5.74) is 3.32. The standard InChI is InChI=1S/C15H26N4/c1-6-8-17-10-14-12(2)18-19(13(14)3)9-7-15(4,5)11-16/h17H,6-10H2,1-5H3. The maximum atomic E-state index is 9.05. The van der Waals surface area contributed by atoms with Crippen LogP contribution in [0, 0.1) is 30.6 Å². The van der Waals surface area contributed by atoms with Gasteiger partial charge in [0.05, 0.1) is 17.2 Å². The SMILES string of the molecule is CCCNCc1c(C)nn(CCC(C)(C)C#N)c1C. The van der Waals surface area contributed by atoms with Crippen molar-refractivity contribution in [3.05, 3.63) is 17.0 Å². The van der Waals surface area contributed by atoms with Crippen molar-refractivity contribution in [2.24, 2.45) is 5.41 Å². The fourth-order valence-electron chi connectivity index (χ4n) is 2.04. The first-order valence-electron chi connectivity index (χ1n) is 7.06. The van der Waals surface area contributed by atoms with Gasteiger partial charge in [0.2, 0.25) is 0 Å². The van der Waals surface area contributed by atoms with E-state index in [0.29, 0.717) is 0 Å². The maximum absolute atomic E-state index is 9.05. The molecule has 1 aromatic rings. The van der Waals surface area contributed by atoms with E-state index in [0.717, 1.165) is 38.2 Å². The van der Waals surface area contributed by atoms with Crippen molar-refractivity contribution in [3.63, 3.8) is 0 Å². The second-order valence-corrected chi connectivity index (χ2v) is 5.79. The molecule has 19 heavy (non-hydrogen) atoms. The predicted molar refractivity (Wildman–Crippen MR) is 77.7 cm³/mol. The van der Waals surface area contributed by atoms with Crippen LogP contribution in [-0.2, 0) is 13.1 Å². The molecule has 0 aromatic carbocycles. The van der Waals surface area contributed by atoms with E-state index in [4.69, 9.17) is 5.26 Å². The minimum Gasteiger partial charge on any atom is -0.313 e. The lowest BCUT2D eigenvalue weighted by molar-refractivity contribution is 0.395. The highest BCUT2D eigenvalue weighted by Crippen LogP contribution is 2.21. The molecule has 1 heterocycles. The molecule has 0 radical (unpaired) electrons. The molecule has 0 aliphatic rings. The first-order chi connectivity index (χ1) is 8.91. The quantitative estimate of drug-likeness (QED) is 0.769. The lowest BCUT2D eigenvalue weighted by atomic mass is 9.91. The number of aromatic nitrogens is 2. The molecule has 0 aliphatic heterocycles. The van der Waals surface area contributed by atoms with Crippen LogP contribution >= 0.6 is 0 Å². The largest absolute Gasteiger partial charge is 0.313 e. The third-order valence-corrected chi connectivity index (χ3v) is 3.51. The maximum Gasteiger partial charge on any atom is 0.0684 e. The van der Waals surface area contributed by atoms with Gasteiger partial charge in [-0.3, -0.25) is 4.68 Å². The van der Waals surface area contributed by atoms with Gasteiger partial charge in [-0.25, -0.2) is 0 Å². The summed E-state index contributed by atoms with van der Waals surface area (Å²) >= 11 is 0. The lowest BCUT2D eigenvalue weighted by Gasteiger charge is -2.15. The molecule has 0 atom stereocenters. The van der Waals surface area contributed by atoms with Gasteiger partial charge < -0.3 is 5.32 Å². The van der Waals surface area contributed by atoms with Crippen molar-refractivity contribution in [1.29, 1.82) is 5.26 Å². The number of aryl methyl sites for hydroxylation is 2. The van der Waals surface area contributed by atoms with Gasteiger partial charge in [0.15, 0.2) is 0 Å². The molecular formula is C15H26N4. The summed E-state index contributed by atoms with van der Waals surface area (Å²) in [4.78, 5) is 0. The zero-order valence-electron chi connectivity index (χ0n) is 12.9. The summed E-state index contributed by atoms with van der Waals surface area (Å²) in [6.45, 7) is 13.0. The van der Waals surface area contributed by atoms with Crippen molar-refractivity contribution in [3.8, 4) is 6.07 Å². The molecule has 0 unspecified atom stereocenters. The lowest BCUT2D eigenvalue weighted by Crippen LogP contribution is -2.16. The zero-order chi connectivity index (χ0) is 14.5. The number of nitrogens with zero attached hydrogens (tertiary/aromatic N) is 3. The van der Waals surface area contributed by atoms with E-state index in [1.807, 2.05) is 18.5 Å². The average Bonchev–Trinajstić information content (AvgIpc) is 2.64. The van der Waals surface area contributed by atoms with Crippen molar-refractivity contribution < 1.29 is 0 Å². The number of nitrogens with one attached hydrogen (secondary N) is 1. The van der Waals surface area contributed by atoms with Crippen LogP contribution in [0.25, 0.3) is 0 Å².